The van der Waals surface area contributed by atoms with Gasteiger partial charge >= 0.3 is 0 Å². The Hall–Kier alpha value is -0.980. The number of thiazole rings is 1. The summed E-state index contributed by atoms with van der Waals surface area (Å²) in [5.74, 6) is -0.0881. The number of amides is 1. The molecule has 1 amide bonds. The molecular formula is C10H14N2O3S. The molecule has 0 saturated carbocycles. The van der Waals surface area contributed by atoms with Crippen molar-refractivity contribution in [2.75, 3.05) is 19.7 Å². The molecule has 0 bridgehead atoms. The predicted molar refractivity (Wildman–Crippen MR) is 59.4 cm³/mol. The summed E-state index contributed by atoms with van der Waals surface area (Å²) in [6, 6.07) is 0. The number of aliphatic hydroxyl groups excluding tert-OH is 1. The summed E-state index contributed by atoms with van der Waals surface area (Å²) in [5.41, 5.74) is 2.11. The lowest BCUT2D eigenvalue weighted by Crippen LogP contribution is -2.50. The second-order valence-corrected chi connectivity index (χ2v) is 4.55. The van der Waals surface area contributed by atoms with E-state index in [1.807, 2.05) is 6.92 Å². The minimum atomic E-state index is -0.286. The summed E-state index contributed by atoms with van der Waals surface area (Å²) in [4.78, 5) is 17.7. The third kappa shape index (κ3) is 2.40. The minimum absolute atomic E-state index is 0.0477. The van der Waals surface area contributed by atoms with Crippen molar-refractivity contribution >= 4 is 17.2 Å². The summed E-state index contributed by atoms with van der Waals surface area (Å²) in [6.45, 7) is 2.80. The molecular weight excluding hydrogens is 228 g/mol. The number of carbonyl (C=O) groups is 1. The third-order valence-electron chi connectivity index (χ3n) is 2.47. The predicted octanol–water partition coefficient (Wildman–Crippen LogP) is 0.365. The van der Waals surface area contributed by atoms with Gasteiger partial charge in [0.2, 0.25) is 0 Å². The van der Waals surface area contributed by atoms with Gasteiger partial charge in [-0.05, 0) is 6.92 Å². The number of aliphatic hydroxyl groups is 1. The van der Waals surface area contributed by atoms with Gasteiger partial charge in [-0.1, -0.05) is 0 Å². The van der Waals surface area contributed by atoms with Crippen molar-refractivity contribution in [3.63, 3.8) is 0 Å². The molecule has 1 aliphatic rings. The van der Waals surface area contributed by atoms with Gasteiger partial charge in [0.15, 0.2) is 0 Å². The third-order valence-corrected chi connectivity index (χ3v) is 3.06. The number of ether oxygens (including phenoxy) is 1. The first-order valence-corrected chi connectivity index (χ1v) is 6.08. The Labute approximate surface area is 97.7 Å². The SMILES string of the molecule is CC1CN(C(=O)c2cscn2)CC(CO)O1. The van der Waals surface area contributed by atoms with Crippen molar-refractivity contribution in [2.45, 2.75) is 19.1 Å². The summed E-state index contributed by atoms with van der Waals surface area (Å²) in [6.07, 6.45) is -0.333. The van der Waals surface area contributed by atoms with E-state index in [9.17, 15) is 4.79 Å². The average molecular weight is 242 g/mol. The molecule has 1 N–H and O–H groups in total. The molecule has 1 aromatic heterocycles. The Balaban J connectivity index is 2.06. The molecule has 2 heterocycles. The lowest BCUT2D eigenvalue weighted by Gasteiger charge is -2.35. The van der Waals surface area contributed by atoms with Crippen LogP contribution in [-0.4, -0.2) is 52.8 Å². The fourth-order valence-electron chi connectivity index (χ4n) is 1.79. The zero-order chi connectivity index (χ0) is 11.5. The first-order chi connectivity index (χ1) is 7.70. The van der Waals surface area contributed by atoms with Crippen LogP contribution in [0.1, 0.15) is 17.4 Å². The highest BCUT2D eigenvalue weighted by molar-refractivity contribution is 7.07. The second-order valence-electron chi connectivity index (χ2n) is 3.84. The van der Waals surface area contributed by atoms with Gasteiger partial charge in [0.1, 0.15) is 5.69 Å². The van der Waals surface area contributed by atoms with E-state index in [0.29, 0.717) is 18.8 Å². The van der Waals surface area contributed by atoms with E-state index in [1.165, 1.54) is 11.3 Å². The van der Waals surface area contributed by atoms with Crippen LogP contribution < -0.4 is 0 Å². The second kappa shape index (κ2) is 4.90. The average Bonchev–Trinajstić information content (AvgIpc) is 2.80. The van der Waals surface area contributed by atoms with Crippen LogP contribution in [0.2, 0.25) is 0 Å². The van der Waals surface area contributed by atoms with Crippen molar-refractivity contribution in [3.05, 3.63) is 16.6 Å². The molecule has 1 aliphatic heterocycles. The Morgan fingerprint density at radius 1 is 1.75 bits per heavy atom. The van der Waals surface area contributed by atoms with Crippen LogP contribution in [0.25, 0.3) is 0 Å². The van der Waals surface area contributed by atoms with Crippen LogP contribution in [0.15, 0.2) is 10.9 Å². The van der Waals surface area contributed by atoms with Crippen LogP contribution in [-0.2, 0) is 4.74 Å². The van der Waals surface area contributed by atoms with Gasteiger partial charge in [-0.15, -0.1) is 11.3 Å². The number of morpholine rings is 1. The Morgan fingerprint density at radius 2 is 2.56 bits per heavy atom. The summed E-state index contributed by atoms with van der Waals surface area (Å²) in [5, 5.41) is 10.8. The van der Waals surface area contributed by atoms with Crippen molar-refractivity contribution in [3.8, 4) is 0 Å². The molecule has 6 heteroatoms. The maximum atomic E-state index is 12.0. The van der Waals surface area contributed by atoms with E-state index in [2.05, 4.69) is 4.98 Å². The van der Waals surface area contributed by atoms with Gasteiger partial charge in [0.25, 0.3) is 5.91 Å². The Bertz CT molecular complexity index is 355. The normalized spacial score (nSPS) is 25.8. The zero-order valence-corrected chi connectivity index (χ0v) is 9.81. The molecule has 2 atom stereocenters. The monoisotopic (exact) mass is 242 g/mol. The zero-order valence-electron chi connectivity index (χ0n) is 9.00. The molecule has 0 aromatic carbocycles. The lowest BCUT2D eigenvalue weighted by molar-refractivity contribution is -0.0859. The molecule has 0 spiro atoms. The number of rotatable bonds is 2. The van der Waals surface area contributed by atoms with Crippen LogP contribution in [0.5, 0.6) is 0 Å². The summed E-state index contributed by atoms with van der Waals surface area (Å²) < 4.78 is 5.47. The van der Waals surface area contributed by atoms with Crippen molar-refractivity contribution in [1.29, 1.82) is 0 Å². The quantitative estimate of drug-likeness (QED) is 0.813. The molecule has 88 valence electrons. The molecule has 2 rings (SSSR count). The van der Waals surface area contributed by atoms with Crippen molar-refractivity contribution in [2.24, 2.45) is 0 Å². The fourth-order valence-corrected chi connectivity index (χ4v) is 2.32. The van der Waals surface area contributed by atoms with Crippen LogP contribution in [0, 0.1) is 0 Å². The summed E-state index contributed by atoms with van der Waals surface area (Å²) >= 11 is 1.40. The highest BCUT2D eigenvalue weighted by Gasteiger charge is 2.29. The highest BCUT2D eigenvalue weighted by atomic mass is 32.1. The molecule has 5 nitrogen and oxygen atoms in total. The molecule has 0 aliphatic carbocycles. The Kier molecular flexibility index (Phi) is 3.52. The maximum Gasteiger partial charge on any atom is 0.273 e. The number of hydrogen-bond acceptors (Lipinski definition) is 5. The number of carbonyl (C=O) groups excluding carboxylic acids is 1. The van der Waals surface area contributed by atoms with Gasteiger partial charge in [0, 0.05) is 18.5 Å². The van der Waals surface area contributed by atoms with Crippen LogP contribution in [0.4, 0.5) is 0 Å². The van der Waals surface area contributed by atoms with Crippen LogP contribution >= 0.6 is 11.3 Å². The molecule has 1 saturated heterocycles. The van der Waals surface area contributed by atoms with Crippen molar-refractivity contribution in [1.82, 2.24) is 9.88 Å². The van der Waals surface area contributed by atoms with E-state index in [0.717, 1.165) is 0 Å². The maximum absolute atomic E-state index is 12.0. The van der Waals surface area contributed by atoms with Gasteiger partial charge in [0.05, 0.1) is 24.3 Å². The van der Waals surface area contributed by atoms with Gasteiger partial charge < -0.3 is 14.7 Å². The van der Waals surface area contributed by atoms with E-state index >= 15 is 0 Å². The van der Waals surface area contributed by atoms with Crippen molar-refractivity contribution < 1.29 is 14.6 Å². The molecule has 1 fully saturated rings. The van der Waals surface area contributed by atoms with Gasteiger partial charge in [-0.3, -0.25) is 4.79 Å². The smallest absolute Gasteiger partial charge is 0.273 e. The summed E-state index contributed by atoms with van der Waals surface area (Å²) in [7, 11) is 0. The first kappa shape index (κ1) is 11.5. The van der Waals surface area contributed by atoms with E-state index in [1.54, 1.807) is 15.8 Å². The van der Waals surface area contributed by atoms with E-state index in [4.69, 9.17) is 9.84 Å². The molecule has 0 radical (unpaired) electrons. The number of nitrogens with zero attached hydrogens (tertiary/aromatic N) is 2. The topological polar surface area (TPSA) is 62.7 Å². The van der Waals surface area contributed by atoms with Gasteiger partial charge in [-0.25, -0.2) is 4.98 Å². The largest absolute Gasteiger partial charge is 0.394 e. The highest BCUT2D eigenvalue weighted by Crippen LogP contribution is 2.14. The molecule has 16 heavy (non-hydrogen) atoms. The Morgan fingerprint density at radius 3 is 3.19 bits per heavy atom. The number of hydrogen-bond donors (Lipinski definition) is 1. The van der Waals surface area contributed by atoms with Crippen LogP contribution in [0.3, 0.4) is 0 Å². The fraction of sp³-hybridized carbons (Fsp3) is 0.600. The molecule has 1 aromatic rings. The molecule has 2 unspecified atom stereocenters. The number of aromatic nitrogens is 1. The minimum Gasteiger partial charge on any atom is -0.394 e. The van der Waals surface area contributed by atoms with Gasteiger partial charge in [-0.2, -0.15) is 0 Å². The lowest BCUT2D eigenvalue weighted by atomic mass is 10.2. The van der Waals surface area contributed by atoms with E-state index in [-0.39, 0.29) is 24.7 Å². The van der Waals surface area contributed by atoms with E-state index < -0.39 is 0 Å². The first-order valence-electron chi connectivity index (χ1n) is 5.14. The standard InChI is InChI=1S/C10H14N2O3S/c1-7-2-12(3-8(4-13)15-7)10(14)9-5-16-6-11-9/h5-8,13H,2-4H2,1H3.